The molecule has 228 valence electrons. The van der Waals surface area contributed by atoms with Gasteiger partial charge in [0.2, 0.25) is 0 Å². The number of aliphatic hydroxyl groups is 2. The van der Waals surface area contributed by atoms with Crippen LogP contribution in [0.1, 0.15) is 18.9 Å². The molecule has 20 heteroatoms. The predicted molar refractivity (Wildman–Crippen MR) is 145 cm³/mol. The van der Waals surface area contributed by atoms with Crippen LogP contribution in [0.15, 0.2) is 37.6 Å². The van der Waals surface area contributed by atoms with Crippen molar-refractivity contribution in [1.82, 2.24) is 39.0 Å². The molecule has 0 saturated heterocycles. The van der Waals surface area contributed by atoms with E-state index in [2.05, 4.69) is 29.9 Å². The van der Waals surface area contributed by atoms with Gasteiger partial charge < -0.3 is 50.0 Å². The van der Waals surface area contributed by atoms with Gasteiger partial charge in [-0.2, -0.15) is 0 Å². The number of fused-ring (bicyclic) bond motifs is 2. The molecule has 7 N–H and O–H groups in total. The van der Waals surface area contributed by atoms with E-state index in [1.54, 1.807) is 4.57 Å². The van der Waals surface area contributed by atoms with Gasteiger partial charge in [0, 0.05) is 20.6 Å². The summed E-state index contributed by atoms with van der Waals surface area (Å²) >= 11 is 0. The summed E-state index contributed by atoms with van der Waals surface area (Å²) in [5.74, 6) is 0.370. The van der Waals surface area contributed by atoms with Gasteiger partial charge in [-0.3, -0.25) is 9.13 Å². The van der Waals surface area contributed by atoms with E-state index in [0.29, 0.717) is 22.3 Å². The molecule has 0 aliphatic heterocycles. The molecule has 0 aromatic carbocycles. The van der Waals surface area contributed by atoms with Crippen LogP contribution in [0.4, 0.5) is 11.6 Å². The van der Waals surface area contributed by atoms with E-state index in [1.807, 2.05) is 0 Å². The zero-order valence-corrected chi connectivity index (χ0v) is 23.5. The molecule has 4 rings (SSSR count). The van der Waals surface area contributed by atoms with Gasteiger partial charge in [0.1, 0.15) is 36.0 Å². The van der Waals surface area contributed by atoms with Crippen LogP contribution in [0.3, 0.4) is 0 Å². The summed E-state index contributed by atoms with van der Waals surface area (Å²) in [6.07, 6.45) is 2.78. The third kappa shape index (κ3) is 7.15. The van der Waals surface area contributed by atoms with Gasteiger partial charge in [-0.25, -0.2) is 34.5 Å². The Balaban J connectivity index is 1.41. The molecule has 0 amide bonds. The maximum atomic E-state index is 11.7. The largest absolute Gasteiger partial charge is 0.431 e. The number of methoxy groups -OCH3 is 2. The summed E-state index contributed by atoms with van der Waals surface area (Å²) in [4.78, 5) is 34.1. The van der Waals surface area contributed by atoms with Crippen molar-refractivity contribution in [1.29, 1.82) is 0 Å². The van der Waals surface area contributed by atoms with Crippen molar-refractivity contribution in [2.45, 2.75) is 31.3 Å². The van der Waals surface area contributed by atoms with E-state index in [9.17, 15) is 14.6 Å². The molecule has 0 spiro atoms. The molecular weight excluding hydrogens is 579 g/mol. The first-order chi connectivity index (χ1) is 20.2. The van der Waals surface area contributed by atoms with Gasteiger partial charge in [0.25, 0.3) is 0 Å². The molecule has 2 unspecified atom stereocenters. The van der Waals surface area contributed by atoms with E-state index < -0.39 is 38.8 Å². The lowest BCUT2D eigenvalue weighted by molar-refractivity contribution is -0.151. The Morgan fingerprint density at radius 3 is 2.12 bits per heavy atom. The van der Waals surface area contributed by atoms with Crippen LogP contribution in [-0.4, -0.2) is 100 Å². The molecule has 0 radical (unpaired) electrons. The number of anilines is 2. The van der Waals surface area contributed by atoms with Crippen molar-refractivity contribution < 1.29 is 43.1 Å². The second kappa shape index (κ2) is 13.9. The quantitative estimate of drug-likeness (QED) is 0.0479. The van der Waals surface area contributed by atoms with Gasteiger partial charge in [-0.1, -0.05) is 0 Å². The van der Waals surface area contributed by atoms with Crippen LogP contribution in [0.2, 0.25) is 0 Å². The lowest BCUT2D eigenvalue weighted by atomic mass is 10.3. The Morgan fingerprint density at radius 2 is 1.52 bits per heavy atom. The second-order valence-corrected chi connectivity index (χ2v) is 10.4. The number of ether oxygens (including phenoxy) is 4. The number of imidazole rings is 2. The number of nitrogens with two attached hydrogens (primary N) is 2. The van der Waals surface area contributed by atoms with E-state index >= 15 is 0 Å². The van der Waals surface area contributed by atoms with Crippen LogP contribution < -0.4 is 11.5 Å². The summed E-state index contributed by atoms with van der Waals surface area (Å²) in [5, 5.41) is 19.5. The molecule has 4 heterocycles. The zero-order chi connectivity index (χ0) is 30.3. The number of nitrogen functional groups attached to an aromatic ring is 2. The van der Waals surface area contributed by atoms with Crippen molar-refractivity contribution in [3.63, 3.8) is 0 Å². The molecule has 0 fully saturated rings. The number of nitrogens with zero attached hydrogens (tertiary/aromatic N) is 8. The third-order valence-corrected chi connectivity index (χ3v) is 6.74. The standard InChI is InChI=1S/C22H31N10O9P/c1-37-14(31-10-29-16-18(23)25-8-27-20(16)31)7-15(34)40-6-5-39-13(3-4-41-42(35,36)12-33)22(38-2)32-11-30-17-19(24)26-9-28-21(17)32/h3-4,8-11,13-15,22,33-34H,5-7,12H2,1-2H3,(H,35,36)(H2,23,25,27)(H2,24,26,28)/b4-3+/t13-,14+,15+,22?/m0/s1. The summed E-state index contributed by atoms with van der Waals surface area (Å²) in [6.45, 7) is -0.143. The predicted octanol–water partition coefficient (Wildman–Crippen LogP) is -0.104. The van der Waals surface area contributed by atoms with Crippen LogP contribution in [-0.2, 0) is 28.0 Å². The highest BCUT2D eigenvalue weighted by Gasteiger charge is 2.26. The van der Waals surface area contributed by atoms with Crippen LogP contribution in [0.25, 0.3) is 22.3 Å². The number of aromatic nitrogens is 8. The van der Waals surface area contributed by atoms with Crippen molar-refractivity contribution in [3.05, 3.63) is 37.6 Å². The molecule has 19 nitrogen and oxygen atoms in total. The number of aliphatic hydroxyl groups excluding tert-OH is 2. The lowest BCUT2D eigenvalue weighted by Gasteiger charge is -2.25. The smallest absolute Gasteiger partial charge is 0.401 e. The Hall–Kier alpha value is -3.81. The van der Waals surface area contributed by atoms with Crippen molar-refractivity contribution >= 4 is 41.6 Å². The average molecular weight is 611 g/mol. The van der Waals surface area contributed by atoms with Gasteiger partial charge in [0.15, 0.2) is 41.8 Å². The van der Waals surface area contributed by atoms with Crippen LogP contribution in [0, 0.1) is 0 Å². The maximum absolute atomic E-state index is 11.7. The first kappa shape index (κ1) is 31.1. The van der Waals surface area contributed by atoms with E-state index in [4.69, 9.17) is 40.0 Å². The Labute approximate surface area is 238 Å². The van der Waals surface area contributed by atoms with Gasteiger partial charge in [0.05, 0.1) is 32.1 Å². The monoisotopic (exact) mass is 610 g/mol. The van der Waals surface area contributed by atoms with E-state index in [-0.39, 0.29) is 31.3 Å². The van der Waals surface area contributed by atoms with Crippen LogP contribution in [0.5, 0.6) is 0 Å². The lowest BCUT2D eigenvalue weighted by Crippen LogP contribution is -2.29. The fraction of sp³-hybridized carbons (Fsp3) is 0.455. The topological polar surface area (TPSA) is 263 Å². The summed E-state index contributed by atoms with van der Waals surface area (Å²) in [5.41, 5.74) is 13.2. The van der Waals surface area contributed by atoms with Gasteiger partial charge in [-0.15, -0.1) is 0 Å². The maximum Gasteiger partial charge on any atom is 0.401 e. The minimum Gasteiger partial charge on any atom is -0.431 e. The average Bonchev–Trinajstić information content (AvgIpc) is 3.60. The Kier molecular flexibility index (Phi) is 10.3. The van der Waals surface area contributed by atoms with Gasteiger partial charge >= 0.3 is 7.60 Å². The minimum absolute atomic E-state index is 0.0127. The summed E-state index contributed by atoms with van der Waals surface area (Å²) in [6, 6.07) is 0. The molecule has 42 heavy (non-hydrogen) atoms. The number of rotatable bonds is 16. The molecule has 5 atom stereocenters. The fourth-order valence-corrected chi connectivity index (χ4v) is 4.28. The molecule has 0 bridgehead atoms. The highest BCUT2D eigenvalue weighted by molar-refractivity contribution is 7.52. The molecular formula is C22H31N10O9P. The number of hydrogen-bond donors (Lipinski definition) is 5. The summed E-state index contributed by atoms with van der Waals surface area (Å²) < 4.78 is 42.1. The molecule has 0 aliphatic carbocycles. The summed E-state index contributed by atoms with van der Waals surface area (Å²) in [7, 11) is -1.39. The molecule has 0 aliphatic rings. The normalized spacial score (nSPS) is 16.5. The first-order valence-corrected chi connectivity index (χ1v) is 14.1. The minimum atomic E-state index is -4.25. The second-order valence-electron chi connectivity index (χ2n) is 8.59. The van der Waals surface area contributed by atoms with Crippen molar-refractivity contribution in [3.8, 4) is 0 Å². The molecule has 4 aromatic rings. The van der Waals surface area contributed by atoms with Crippen LogP contribution >= 0.6 is 7.60 Å². The fourth-order valence-electron chi connectivity index (χ4n) is 3.95. The first-order valence-electron chi connectivity index (χ1n) is 12.3. The van der Waals surface area contributed by atoms with Crippen molar-refractivity contribution in [2.75, 3.05) is 45.2 Å². The highest BCUT2D eigenvalue weighted by atomic mass is 31.2. The van der Waals surface area contributed by atoms with Gasteiger partial charge in [-0.05, 0) is 6.08 Å². The third-order valence-electron chi connectivity index (χ3n) is 5.93. The highest BCUT2D eigenvalue weighted by Crippen LogP contribution is 2.40. The van der Waals surface area contributed by atoms with E-state index in [1.165, 1.54) is 50.2 Å². The Morgan fingerprint density at radius 1 is 0.929 bits per heavy atom. The Bertz CT molecular complexity index is 1550. The molecule has 0 saturated carbocycles. The SMILES string of the molecule is COC([C@H](/C=C/OP(=O)(O)CO)OCCO[C@@H](O)C[C@@H](OC)n1cnc2c(N)ncnc21)n1cnc2c(N)ncnc21. The van der Waals surface area contributed by atoms with Crippen molar-refractivity contribution in [2.24, 2.45) is 0 Å². The van der Waals surface area contributed by atoms with E-state index in [0.717, 1.165) is 6.26 Å². The zero-order valence-electron chi connectivity index (χ0n) is 22.6. The number of hydrogen-bond acceptors (Lipinski definition) is 16. The molecule has 4 aromatic heterocycles.